The summed E-state index contributed by atoms with van der Waals surface area (Å²) in [5, 5.41) is 6.36. The highest BCUT2D eigenvalue weighted by Gasteiger charge is 2.08. The van der Waals surface area contributed by atoms with E-state index in [0.29, 0.717) is 23.9 Å². The number of hydrogen-bond acceptors (Lipinski definition) is 7. The van der Waals surface area contributed by atoms with Crippen LogP contribution >= 0.6 is 11.8 Å². The van der Waals surface area contributed by atoms with Crippen LogP contribution in [0.1, 0.15) is 20.3 Å². The molecule has 0 amide bonds. The number of nitrogens with one attached hydrogen (secondary N) is 2. The Labute approximate surface area is 112 Å². The van der Waals surface area contributed by atoms with Crippen LogP contribution in [0, 0.1) is 0 Å². The Morgan fingerprint density at radius 1 is 1.28 bits per heavy atom. The third kappa shape index (κ3) is 4.95. The van der Waals surface area contributed by atoms with Gasteiger partial charge in [0, 0.05) is 18.3 Å². The first-order valence-electron chi connectivity index (χ1n) is 5.99. The Balaban J connectivity index is 2.76. The van der Waals surface area contributed by atoms with E-state index in [9.17, 15) is 0 Å². The molecular formula is C11H21N5OS. The van der Waals surface area contributed by atoms with Crippen molar-refractivity contribution in [1.82, 2.24) is 15.0 Å². The Bertz CT molecular complexity index is 363. The van der Waals surface area contributed by atoms with Crippen molar-refractivity contribution in [3.63, 3.8) is 0 Å². The molecule has 0 saturated carbocycles. The fourth-order valence-electron chi connectivity index (χ4n) is 1.34. The molecule has 6 nitrogen and oxygen atoms in total. The molecular weight excluding hydrogens is 250 g/mol. The lowest BCUT2D eigenvalue weighted by Crippen LogP contribution is -2.20. The molecule has 1 rings (SSSR count). The number of aromatic nitrogens is 3. The van der Waals surface area contributed by atoms with E-state index in [1.807, 2.05) is 0 Å². The Morgan fingerprint density at radius 2 is 2.00 bits per heavy atom. The molecule has 1 atom stereocenters. The van der Waals surface area contributed by atoms with Gasteiger partial charge in [0.1, 0.15) is 0 Å². The first kappa shape index (κ1) is 14.8. The Hall–Kier alpha value is -1.24. The second-order valence-corrected chi connectivity index (χ2v) is 4.81. The van der Waals surface area contributed by atoms with Crippen molar-refractivity contribution in [2.75, 3.05) is 36.3 Å². The van der Waals surface area contributed by atoms with E-state index in [1.165, 1.54) is 0 Å². The van der Waals surface area contributed by atoms with E-state index in [1.54, 1.807) is 18.9 Å². The predicted octanol–water partition coefficient (Wildman–Crippen LogP) is 1.87. The van der Waals surface area contributed by atoms with E-state index in [4.69, 9.17) is 4.74 Å². The van der Waals surface area contributed by atoms with Crippen LogP contribution in [0.5, 0.6) is 6.01 Å². The van der Waals surface area contributed by atoms with E-state index in [-0.39, 0.29) is 0 Å². The normalized spacial score (nSPS) is 12.0. The molecule has 2 N–H and O–H groups in total. The molecule has 0 spiro atoms. The van der Waals surface area contributed by atoms with E-state index in [2.05, 4.69) is 45.7 Å². The zero-order chi connectivity index (χ0) is 13.4. The lowest BCUT2D eigenvalue weighted by Gasteiger charge is -2.13. The summed E-state index contributed by atoms with van der Waals surface area (Å²) in [4.78, 5) is 12.6. The third-order valence-electron chi connectivity index (χ3n) is 2.12. The lowest BCUT2D eigenvalue weighted by atomic mass is 10.4. The van der Waals surface area contributed by atoms with Gasteiger partial charge in [-0.15, -0.1) is 0 Å². The number of anilines is 2. The van der Waals surface area contributed by atoms with Gasteiger partial charge >= 0.3 is 6.01 Å². The molecule has 0 saturated heterocycles. The van der Waals surface area contributed by atoms with Crippen molar-refractivity contribution in [1.29, 1.82) is 0 Å². The third-order valence-corrected chi connectivity index (χ3v) is 2.96. The Morgan fingerprint density at radius 3 is 2.61 bits per heavy atom. The minimum absolute atomic E-state index is 0.297. The fraction of sp³-hybridized carbons (Fsp3) is 0.727. The highest BCUT2D eigenvalue weighted by Crippen LogP contribution is 2.12. The van der Waals surface area contributed by atoms with Gasteiger partial charge in [-0.3, -0.25) is 0 Å². The number of thioether (sulfide) groups is 1. The number of hydrogen-bond donors (Lipinski definition) is 2. The summed E-state index contributed by atoms with van der Waals surface area (Å²) in [6, 6.07) is 0.619. The van der Waals surface area contributed by atoms with E-state index < -0.39 is 0 Å². The quantitative estimate of drug-likeness (QED) is 0.747. The molecule has 102 valence electrons. The Kier molecular flexibility index (Phi) is 6.56. The van der Waals surface area contributed by atoms with Crippen LogP contribution in [0.15, 0.2) is 0 Å². The summed E-state index contributed by atoms with van der Waals surface area (Å²) in [5.41, 5.74) is 0. The van der Waals surface area contributed by atoms with E-state index >= 15 is 0 Å². The molecule has 0 fully saturated rings. The first-order chi connectivity index (χ1) is 8.69. The fourth-order valence-corrected chi connectivity index (χ4v) is 1.92. The van der Waals surface area contributed by atoms with Gasteiger partial charge in [0.05, 0.1) is 7.11 Å². The maximum Gasteiger partial charge on any atom is 0.322 e. The van der Waals surface area contributed by atoms with Crippen molar-refractivity contribution < 1.29 is 4.74 Å². The molecule has 0 aliphatic carbocycles. The topological polar surface area (TPSA) is 72.0 Å². The van der Waals surface area contributed by atoms with Gasteiger partial charge in [-0.1, -0.05) is 6.92 Å². The summed E-state index contributed by atoms with van der Waals surface area (Å²) < 4.78 is 5.07. The number of rotatable bonds is 8. The first-order valence-corrected chi connectivity index (χ1v) is 7.38. The van der Waals surface area contributed by atoms with Crippen LogP contribution in [0.25, 0.3) is 0 Å². The SMILES string of the molecule is CCCNc1nc(NC(C)CSC)nc(OC)n1. The highest BCUT2D eigenvalue weighted by atomic mass is 32.2. The zero-order valence-electron chi connectivity index (χ0n) is 11.4. The molecule has 1 aromatic heterocycles. The van der Waals surface area contributed by atoms with Crippen molar-refractivity contribution in [3.8, 4) is 6.01 Å². The molecule has 7 heteroatoms. The van der Waals surface area contributed by atoms with Crippen molar-refractivity contribution in [2.24, 2.45) is 0 Å². The van der Waals surface area contributed by atoms with Gasteiger partial charge in [0.15, 0.2) is 0 Å². The summed E-state index contributed by atoms with van der Waals surface area (Å²) >= 11 is 1.78. The van der Waals surface area contributed by atoms with Gasteiger partial charge in [0.25, 0.3) is 0 Å². The molecule has 0 radical (unpaired) electrons. The molecule has 0 aliphatic heterocycles. The largest absolute Gasteiger partial charge is 0.467 e. The average molecular weight is 271 g/mol. The predicted molar refractivity (Wildman–Crippen MR) is 76.6 cm³/mol. The van der Waals surface area contributed by atoms with Crippen LogP contribution in [-0.2, 0) is 0 Å². The average Bonchev–Trinajstić information content (AvgIpc) is 2.36. The van der Waals surface area contributed by atoms with Crippen LogP contribution < -0.4 is 15.4 Å². The summed E-state index contributed by atoms with van der Waals surface area (Å²) in [6.45, 7) is 5.00. The van der Waals surface area contributed by atoms with Gasteiger partial charge in [-0.2, -0.15) is 26.7 Å². The number of ether oxygens (including phenoxy) is 1. The molecule has 18 heavy (non-hydrogen) atoms. The molecule has 0 aliphatic rings. The van der Waals surface area contributed by atoms with Crippen molar-refractivity contribution >= 4 is 23.7 Å². The van der Waals surface area contributed by atoms with Crippen molar-refractivity contribution in [2.45, 2.75) is 26.3 Å². The zero-order valence-corrected chi connectivity index (χ0v) is 12.2. The lowest BCUT2D eigenvalue weighted by molar-refractivity contribution is 0.379. The number of nitrogens with zero attached hydrogens (tertiary/aromatic N) is 3. The van der Waals surface area contributed by atoms with Crippen LogP contribution in [-0.4, -0.2) is 46.7 Å². The maximum atomic E-state index is 5.07. The summed E-state index contributed by atoms with van der Waals surface area (Å²) in [7, 11) is 1.55. The van der Waals surface area contributed by atoms with Crippen molar-refractivity contribution in [3.05, 3.63) is 0 Å². The second kappa shape index (κ2) is 7.97. The monoisotopic (exact) mass is 271 g/mol. The molecule has 0 bridgehead atoms. The van der Waals surface area contributed by atoms with Gasteiger partial charge in [-0.25, -0.2) is 0 Å². The minimum Gasteiger partial charge on any atom is -0.467 e. The summed E-state index contributed by atoms with van der Waals surface area (Å²) in [6.07, 6.45) is 3.08. The minimum atomic E-state index is 0.297. The standard InChI is InChI=1S/C11H21N5OS/c1-5-6-12-9-14-10(13-8(2)7-18-4)16-11(15-9)17-3/h8H,5-7H2,1-4H3,(H2,12,13,14,15,16). The molecule has 0 aromatic carbocycles. The van der Waals surface area contributed by atoms with Gasteiger partial charge < -0.3 is 15.4 Å². The van der Waals surface area contributed by atoms with Gasteiger partial charge in [0.2, 0.25) is 11.9 Å². The highest BCUT2D eigenvalue weighted by molar-refractivity contribution is 7.98. The van der Waals surface area contributed by atoms with Crippen LogP contribution in [0.3, 0.4) is 0 Å². The van der Waals surface area contributed by atoms with Gasteiger partial charge in [-0.05, 0) is 19.6 Å². The van der Waals surface area contributed by atoms with Crippen LogP contribution in [0.4, 0.5) is 11.9 Å². The smallest absolute Gasteiger partial charge is 0.322 e. The maximum absolute atomic E-state index is 5.07. The van der Waals surface area contributed by atoms with E-state index in [0.717, 1.165) is 18.7 Å². The number of methoxy groups -OCH3 is 1. The second-order valence-electron chi connectivity index (χ2n) is 3.90. The molecule has 1 aromatic rings. The molecule has 1 unspecified atom stereocenters. The summed E-state index contributed by atoms with van der Waals surface area (Å²) in [5.74, 6) is 2.08. The molecule has 1 heterocycles. The van der Waals surface area contributed by atoms with Crippen LogP contribution in [0.2, 0.25) is 0 Å².